The van der Waals surface area contributed by atoms with Crippen LogP contribution in [-0.2, 0) is 0 Å². The SMILES string of the molecule is COc1nccc2c(SN3CCN(C)CC3)cc(F)cc12. The molecule has 1 aromatic heterocycles. The molecule has 1 aliphatic rings. The van der Waals surface area contributed by atoms with Gasteiger partial charge < -0.3 is 9.64 Å². The van der Waals surface area contributed by atoms with Crippen LogP contribution in [0.15, 0.2) is 29.3 Å². The number of pyridine rings is 1. The highest BCUT2D eigenvalue weighted by Crippen LogP contribution is 2.34. The Balaban J connectivity index is 1.94. The number of ether oxygens (including phenoxy) is 1. The average molecular weight is 307 g/mol. The van der Waals surface area contributed by atoms with Crippen molar-refractivity contribution in [2.45, 2.75) is 4.90 Å². The topological polar surface area (TPSA) is 28.6 Å². The maximum absolute atomic E-state index is 13.9. The lowest BCUT2D eigenvalue weighted by molar-refractivity contribution is 0.233. The molecule has 1 fully saturated rings. The van der Waals surface area contributed by atoms with Gasteiger partial charge in [0.15, 0.2) is 0 Å². The Morgan fingerprint density at radius 1 is 1.19 bits per heavy atom. The molecule has 6 heteroatoms. The molecular weight excluding hydrogens is 289 g/mol. The van der Waals surface area contributed by atoms with E-state index in [9.17, 15) is 4.39 Å². The van der Waals surface area contributed by atoms with E-state index in [2.05, 4.69) is 21.2 Å². The van der Waals surface area contributed by atoms with Crippen LogP contribution in [0.25, 0.3) is 10.8 Å². The van der Waals surface area contributed by atoms with E-state index in [1.165, 1.54) is 6.07 Å². The molecule has 0 atom stereocenters. The van der Waals surface area contributed by atoms with E-state index in [0.29, 0.717) is 5.88 Å². The summed E-state index contributed by atoms with van der Waals surface area (Å²) in [4.78, 5) is 7.36. The second-order valence-electron chi connectivity index (χ2n) is 5.14. The standard InChI is InChI=1S/C15H18FN3OS/c1-18-5-7-19(8-6-18)21-14-10-11(16)9-13-12(14)3-4-17-15(13)20-2/h3-4,9-10H,5-8H2,1-2H3. The fraction of sp³-hybridized carbons (Fsp3) is 0.400. The van der Waals surface area contributed by atoms with Crippen molar-refractivity contribution in [3.8, 4) is 5.88 Å². The molecule has 0 bridgehead atoms. The first-order valence-corrected chi connectivity index (χ1v) is 7.68. The maximum atomic E-state index is 13.9. The van der Waals surface area contributed by atoms with Crippen molar-refractivity contribution in [1.29, 1.82) is 0 Å². The van der Waals surface area contributed by atoms with Gasteiger partial charge in [0.05, 0.1) is 7.11 Å². The molecule has 0 unspecified atom stereocenters. The molecule has 1 aliphatic heterocycles. The molecule has 0 N–H and O–H groups in total. The first kappa shape index (κ1) is 14.6. The van der Waals surface area contributed by atoms with E-state index in [1.54, 1.807) is 31.3 Å². The van der Waals surface area contributed by atoms with Crippen LogP contribution in [0, 0.1) is 5.82 Å². The lowest BCUT2D eigenvalue weighted by atomic mass is 10.1. The van der Waals surface area contributed by atoms with Crippen molar-refractivity contribution >= 4 is 22.7 Å². The number of hydrogen-bond acceptors (Lipinski definition) is 5. The Labute approximate surface area is 128 Å². The molecule has 0 amide bonds. The molecule has 0 radical (unpaired) electrons. The van der Waals surface area contributed by atoms with E-state index in [1.807, 2.05) is 6.07 Å². The molecule has 1 aromatic carbocycles. The van der Waals surface area contributed by atoms with Crippen LogP contribution in [0.3, 0.4) is 0 Å². The zero-order valence-electron chi connectivity index (χ0n) is 12.2. The number of halogens is 1. The van der Waals surface area contributed by atoms with Crippen LogP contribution < -0.4 is 4.74 Å². The third kappa shape index (κ3) is 3.12. The van der Waals surface area contributed by atoms with Crippen LogP contribution >= 0.6 is 11.9 Å². The molecule has 21 heavy (non-hydrogen) atoms. The fourth-order valence-electron chi connectivity index (χ4n) is 2.45. The Morgan fingerprint density at radius 2 is 1.95 bits per heavy atom. The van der Waals surface area contributed by atoms with Gasteiger partial charge in [0, 0.05) is 48.0 Å². The third-order valence-electron chi connectivity index (χ3n) is 3.65. The van der Waals surface area contributed by atoms with Gasteiger partial charge in [-0.3, -0.25) is 0 Å². The Kier molecular flexibility index (Phi) is 4.28. The monoisotopic (exact) mass is 307 g/mol. The quantitative estimate of drug-likeness (QED) is 0.813. The van der Waals surface area contributed by atoms with Gasteiger partial charge in [0.2, 0.25) is 5.88 Å². The summed E-state index contributed by atoms with van der Waals surface area (Å²) in [5.41, 5.74) is 0. The number of benzene rings is 1. The van der Waals surface area contributed by atoms with E-state index in [0.717, 1.165) is 41.8 Å². The molecule has 1 saturated heterocycles. The molecule has 112 valence electrons. The Morgan fingerprint density at radius 3 is 2.67 bits per heavy atom. The number of rotatable bonds is 3. The average Bonchev–Trinajstić information content (AvgIpc) is 2.49. The number of fused-ring (bicyclic) bond motifs is 1. The minimum atomic E-state index is -0.259. The van der Waals surface area contributed by atoms with Crippen LogP contribution in [0.5, 0.6) is 5.88 Å². The van der Waals surface area contributed by atoms with Gasteiger partial charge in [-0.15, -0.1) is 0 Å². The first-order chi connectivity index (χ1) is 10.2. The third-order valence-corrected chi connectivity index (χ3v) is 4.81. The number of aromatic nitrogens is 1. The van der Waals surface area contributed by atoms with Crippen molar-refractivity contribution in [3.63, 3.8) is 0 Å². The van der Waals surface area contributed by atoms with Crippen LogP contribution in [-0.4, -0.2) is 54.5 Å². The summed E-state index contributed by atoms with van der Waals surface area (Å²) in [6, 6.07) is 4.98. The largest absolute Gasteiger partial charge is 0.481 e. The predicted molar refractivity (Wildman–Crippen MR) is 83.2 cm³/mol. The zero-order chi connectivity index (χ0) is 14.8. The van der Waals surface area contributed by atoms with Gasteiger partial charge in [-0.05, 0) is 37.2 Å². The number of hydrogen-bond donors (Lipinski definition) is 0. The smallest absolute Gasteiger partial charge is 0.221 e. The number of likely N-dealkylation sites (N-methyl/N-ethyl adjacent to an activating group) is 1. The van der Waals surface area contributed by atoms with E-state index >= 15 is 0 Å². The molecule has 0 spiro atoms. The maximum Gasteiger partial charge on any atom is 0.221 e. The molecular formula is C15H18FN3OS. The molecule has 3 rings (SSSR count). The van der Waals surface area contributed by atoms with Crippen molar-refractivity contribution in [2.24, 2.45) is 0 Å². The lowest BCUT2D eigenvalue weighted by Gasteiger charge is -2.31. The van der Waals surface area contributed by atoms with Gasteiger partial charge in [0.25, 0.3) is 0 Å². The second-order valence-corrected chi connectivity index (χ2v) is 6.28. The minimum Gasteiger partial charge on any atom is -0.481 e. The second kappa shape index (κ2) is 6.17. The Hall–Kier alpha value is -1.37. The summed E-state index contributed by atoms with van der Waals surface area (Å²) < 4.78 is 21.4. The summed E-state index contributed by atoms with van der Waals surface area (Å²) in [7, 11) is 3.68. The number of methoxy groups -OCH3 is 1. The highest BCUT2D eigenvalue weighted by Gasteiger charge is 2.17. The van der Waals surface area contributed by atoms with Crippen LogP contribution in [0.2, 0.25) is 0 Å². The molecule has 2 aromatic rings. The summed E-state index contributed by atoms with van der Waals surface area (Å²) in [5, 5.41) is 1.70. The summed E-state index contributed by atoms with van der Waals surface area (Å²) >= 11 is 1.61. The summed E-state index contributed by atoms with van der Waals surface area (Å²) in [6.07, 6.45) is 1.70. The fourth-order valence-corrected chi connectivity index (χ4v) is 3.51. The molecule has 2 heterocycles. The molecule has 4 nitrogen and oxygen atoms in total. The van der Waals surface area contributed by atoms with E-state index in [4.69, 9.17) is 4.74 Å². The van der Waals surface area contributed by atoms with Crippen LogP contribution in [0.1, 0.15) is 0 Å². The first-order valence-electron chi connectivity index (χ1n) is 6.91. The van der Waals surface area contributed by atoms with Crippen molar-refractivity contribution in [3.05, 3.63) is 30.2 Å². The number of piperazine rings is 1. The van der Waals surface area contributed by atoms with Crippen molar-refractivity contribution in [2.75, 3.05) is 40.3 Å². The van der Waals surface area contributed by atoms with Gasteiger partial charge in [-0.2, -0.15) is 0 Å². The van der Waals surface area contributed by atoms with Gasteiger partial charge >= 0.3 is 0 Å². The van der Waals surface area contributed by atoms with Gasteiger partial charge in [-0.25, -0.2) is 13.7 Å². The van der Waals surface area contributed by atoms with Crippen LogP contribution in [0.4, 0.5) is 4.39 Å². The molecule has 0 aliphatic carbocycles. The van der Waals surface area contributed by atoms with Gasteiger partial charge in [-0.1, -0.05) is 0 Å². The summed E-state index contributed by atoms with van der Waals surface area (Å²) in [6.45, 7) is 4.01. The van der Waals surface area contributed by atoms with E-state index < -0.39 is 0 Å². The van der Waals surface area contributed by atoms with Crippen molar-refractivity contribution < 1.29 is 9.13 Å². The van der Waals surface area contributed by atoms with Crippen molar-refractivity contribution in [1.82, 2.24) is 14.2 Å². The normalized spacial score (nSPS) is 17.3. The minimum absolute atomic E-state index is 0.259. The predicted octanol–water partition coefficient (Wildman–Crippen LogP) is 2.64. The number of nitrogens with zero attached hydrogens (tertiary/aromatic N) is 3. The Bertz CT molecular complexity index is 644. The highest BCUT2D eigenvalue weighted by molar-refractivity contribution is 7.97. The summed E-state index contributed by atoms with van der Waals surface area (Å²) in [5.74, 6) is 0.206. The van der Waals surface area contributed by atoms with Gasteiger partial charge in [0.1, 0.15) is 5.82 Å². The molecule has 0 saturated carbocycles. The highest BCUT2D eigenvalue weighted by atomic mass is 32.2. The lowest BCUT2D eigenvalue weighted by Crippen LogP contribution is -2.40. The van der Waals surface area contributed by atoms with E-state index in [-0.39, 0.29) is 5.82 Å². The zero-order valence-corrected chi connectivity index (χ0v) is 13.0.